The van der Waals surface area contributed by atoms with Crippen LogP contribution in [0.4, 0.5) is 0 Å². The molecule has 1 aromatic carbocycles. The highest BCUT2D eigenvalue weighted by Crippen LogP contribution is 2.15. The number of esters is 1. The first kappa shape index (κ1) is 11.1. The molecule has 0 saturated carbocycles. The summed E-state index contributed by atoms with van der Waals surface area (Å²) in [6, 6.07) is 9.68. The standard InChI is InChI=1S/C12H16N2O2/c13-14-7-6-11(8-14)12(15)16-9-10-4-2-1-3-5-10/h1-5,11H,6-9,13H2/t11-/m1/s1. The van der Waals surface area contributed by atoms with E-state index in [4.69, 9.17) is 10.6 Å². The summed E-state index contributed by atoms with van der Waals surface area (Å²) in [5, 5.41) is 1.66. The first-order valence-corrected chi connectivity index (χ1v) is 5.46. The van der Waals surface area contributed by atoms with E-state index in [0.717, 1.165) is 18.5 Å². The average molecular weight is 220 g/mol. The molecular weight excluding hydrogens is 204 g/mol. The van der Waals surface area contributed by atoms with Gasteiger partial charge in [0.1, 0.15) is 6.61 Å². The van der Waals surface area contributed by atoms with Crippen molar-refractivity contribution in [1.82, 2.24) is 5.01 Å². The van der Waals surface area contributed by atoms with Gasteiger partial charge in [-0.05, 0) is 12.0 Å². The van der Waals surface area contributed by atoms with Crippen molar-refractivity contribution in [2.75, 3.05) is 13.1 Å². The molecule has 0 radical (unpaired) electrons. The summed E-state index contributed by atoms with van der Waals surface area (Å²) in [5.74, 6) is 5.39. The van der Waals surface area contributed by atoms with Gasteiger partial charge in [-0.1, -0.05) is 30.3 Å². The van der Waals surface area contributed by atoms with Crippen molar-refractivity contribution >= 4 is 5.97 Å². The summed E-state index contributed by atoms with van der Waals surface area (Å²) in [7, 11) is 0. The van der Waals surface area contributed by atoms with Gasteiger partial charge in [0.25, 0.3) is 0 Å². The van der Waals surface area contributed by atoms with Gasteiger partial charge < -0.3 is 4.74 Å². The normalized spacial score (nSPS) is 20.9. The highest BCUT2D eigenvalue weighted by atomic mass is 16.5. The summed E-state index contributed by atoms with van der Waals surface area (Å²) in [5.41, 5.74) is 1.01. The molecular formula is C12H16N2O2. The Hall–Kier alpha value is -1.39. The monoisotopic (exact) mass is 220 g/mol. The third-order valence-corrected chi connectivity index (χ3v) is 2.78. The third-order valence-electron chi connectivity index (χ3n) is 2.78. The van der Waals surface area contributed by atoms with Gasteiger partial charge in [-0.25, -0.2) is 5.01 Å². The van der Waals surface area contributed by atoms with E-state index in [1.807, 2.05) is 30.3 Å². The first-order valence-electron chi connectivity index (χ1n) is 5.46. The number of nitrogens with two attached hydrogens (primary N) is 1. The lowest BCUT2D eigenvalue weighted by Crippen LogP contribution is -2.29. The molecule has 0 aliphatic carbocycles. The van der Waals surface area contributed by atoms with Crippen molar-refractivity contribution in [3.05, 3.63) is 35.9 Å². The van der Waals surface area contributed by atoms with Crippen molar-refractivity contribution < 1.29 is 9.53 Å². The van der Waals surface area contributed by atoms with Crippen molar-refractivity contribution in [3.8, 4) is 0 Å². The maximum Gasteiger partial charge on any atom is 0.310 e. The molecule has 2 rings (SSSR count). The fourth-order valence-electron chi connectivity index (χ4n) is 1.83. The first-order chi connectivity index (χ1) is 7.75. The van der Waals surface area contributed by atoms with Crippen molar-refractivity contribution in [2.45, 2.75) is 13.0 Å². The number of carbonyl (C=O) groups excluding carboxylic acids is 1. The second-order valence-corrected chi connectivity index (χ2v) is 4.07. The van der Waals surface area contributed by atoms with Gasteiger partial charge >= 0.3 is 5.97 Å². The molecule has 1 aromatic rings. The molecule has 1 aliphatic rings. The van der Waals surface area contributed by atoms with Crippen LogP contribution in [0.1, 0.15) is 12.0 Å². The van der Waals surface area contributed by atoms with Crippen LogP contribution >= 0.6 is 0 Å². The summed E-state index contributed by atoms with van der Waals surface area (Å²) < 4.78 is 5.24. The van der Waals surface area contributed by atoms with Gasteiger partial charge in [0, 0.05) is 13.1 Å². The second kappa shape index (κ2) is 5.09. The molecule has 1 fully saturated rings. The second-order valence-electron chi connectivity index (χ2n) is 4.07. The molecule has 0 bridgehead atoms. The Morgan fingerprint density at radius 3 is 2.81 bits per heavy atom. The Morgan fingerprint density at radius 1 is 1.44 bits per heavy atom. The number of hydrazine groups is 1. The van der Waals surface area contributed by atoms with Crippen LogP contribution in [0.2, 0.25) is 0 Å². The van der Waals surface area contributed by atoms with E-state index < -0.39 is 0 Å². The molecule has 0 unspecified atom stereocenters. The Bertz CT molecular complexity index is 353. The number of nitrogens with zero attached hydrogens (tertiary/aromatic N) is 1. The maximum atomic E-state index is 11.7. The molecule has 0 aromatic heterocycles. The smallest absolute Gasteiger partial charge is 0.310 e. The van der Waals surface area contributed by atoms with Gasteiger partial charge in [-0.2, -0.15) is 0 Å². The molecule has 4 nitrogen and oxygen atoms in total. The van der Waals surface area contributed by atoms with Crippen molar-refractivity contribution in [2.24, 2.45) is 11.8 Å². The molecule has 1 aliphatic heterocycles. The number of carbonyl (C=O) groups is 1. The van der Waals surface area contributed by atoms with E-state index in [2.05, 4.69) is 0 Å². The van der Waals surface area contributed by atoms with E-state index >= 15 is 0 Å². The van der Waals surface area contributed by atoms with E-state index in [9.17, 15) is 4.79 Å². The Morgan fingerprint density at radius 2 is 2.19 bits per heavy atom. The third kappa shape index (κ3) is 2.81. The SMILES string of the molecule is NN1CC[C@@H](C(=O)OCc2ccccc2)C1. The van der Waals surface area contributed by atoms with Gasteiger partial charge in [-0.15, -0.1) is 0 Å². The fraction of sp³-hybridized carbons (Fsp3) is 0.417. The predicted molar refractivity (Wildman–Crippen MR) is 60.1 cm³/mol. The molecule has 86 valence electrons. The van der Waals surface area contributed by atoms with Crippen LogP contribution in [-0.4, -0.2) is 24.1 Å². The zero-order valence-electron chi connectivity index (χ0n) is 9.13. The molecule has 1 atom stereocenters. The van der Waals surface area contributed by atoms with E-state index in [1.54, 1.807) is 5.01 Å². The summed E-state index contributed by atoms with van der Waals surface area (Å²) in [6.45, 7) is 1.72. The lowest BCUT2D eigenvalue weighted by molar-refractivity contribution is -0.149. The lowest BCUT2D eigenvalue weighted by atomic mass is 10.1. The quantitative estimate of drug-likeness (QED) is 0.608. The molecule has 2 N–H and O–H groups in total. The molecule has 0 spiro atoms. The number of hydrogen-bond donors (Lipinski definition) is 1. The number of benzene rings is 1. The number of rotatable bonds is 3. The van der Waals surface area contributed by atoms with Crippen molar-refractivity contribution in [1.29, 1.82) is 0 Å². The van der Waals surface area contributed by atoms with E-state index in [-0.39, 0.29) is 11.9 Å². The minimum absolute atomic E-state index is 0.0614. The van der Waals surface area contributed by atoms with Crippen LogP contribution in [0.15, 0.2) is 30.3 Å². The molecule has 4 heteroatoms. The van der Waals surface area contributed by atoms with E-state index in [1.165, 1.54) is 0 Å². The highest BCUT2D eigenvalue weighted by molar-refractivity contribution is 5.73. The van der Waals surface area contributed by atoms with E-state index in [0.29, 0.717) is 13.2 Å². The fourth-order valence-corrected chi connectivity index (χ4v) is 1.83. The van der Waals surface area contributed by atoms with Gasteiger partial charge in [0.05, 0.1) is 5.92 Å². The molecule has 1 saturated heterocycles. The van der Waals surface area contributed by atoms with Crippen LogP contribution < -0.4 is 5.84 Å². The van der Waals surface area contributed by atoms with Crippen LogP contribution in [0.3, 0.4) is 0 Å². The zero-order valence-corrected chi connectivity index (χ0v) is 9.13. The van der Waals surface area contributed by atoms with Crippen LogP contribution in [0, 0.1) is 5.92 Å². The maximum absolute atomic E-state index is 11.7. The highest BCUT2D eigenvalue weighted by Gasteiger charge is 2.27. The number of ether oxygens (including phenoxy) is 1. The number of hydrogen-bond acceptors (Lipinski definition) is 4. The Balaban J connectivity index is 1.80. The van der Waals surface area contributed by atoms with Crippen LogP contribution in [0.5, 0.6) is 0 Å². The minimum Gasteiger partial charge on any atom is -0.461 e. The summed E-state index contributed by atoms with van der Waals surface area (Å²) in [4.78, 5) is 11.7. The molecule has 1 heterocycles. The summed E-state index contributed by atoms with van der Waals surface area (Å²) >= 11 is 0. The van der Waals surface area contributed by atoms with Crippen LogP contribution in [-0.2, 0) is 16.1 Å². The average Bonchev–Trinajstić information content (AvgIpc) is 2.74. The summed E-state index contributed by atoms with van der Waals surface area (Å²) in [6.07, 6.45) is 0.796. The Labute approximate surface area is 95.0 Å². The van der Waals surface area contributed by atoms with Crippen molar-refractivity contribution in [3.63, 3.8) is 0 Å². The Kier molecular flexibility index (Phi) is 3.54. The zero-order chi connectivity index (χ0) is 11.4. The predicted octanol–water partition coefficient (Wildman–Crippen LogP) is 0.925. The topological polar surface area (TPSA) is 55.6 Å². The van der Waals surface area contributed by atoms with Gasteiger partial charge in [-0.3, -0.25) is 10.6 Å². The molecule has 16 heavy (non-hydrogen) atoms. The van der Waals surface area contributed by atoms with Crippen LogP contribution in [0.25, 0.3) is 0 Å². The van der Waals surface area contributed by atoms with Gasteiger partial charge in [0.2, 0.25) is 0 Å². The largest absolute Gasteiger partial charge is 0.461 e. The lowest BCUT2D eigenvalue weighted by Gasteiger charge is -2.10. The minimum atomic E-state index is -0.142. The molecule has 0 amide bonds. The van der Waals surface area contributed by atoms with Gasteiger partial charge in [0.15, 0.2) is 0 Å².